The topological polar surface area (TPSA) is 20.3 Å². The summed E-state index contributed by atoms with van der Waals surface area (Å²) in [4.78, 5) is 13.9. The fourth-order valence-electron chi connectivity index (χ4n) is 2.34. The van der Waals surface area contributed by atoms with Crippen LogP contribution < -0.4 is 4.90 Å². The van der Waals surface area contributed by atoms with Crippen LogP contribution in [-0.4, -0.2) is 11.9 Å². The van der Waals surface area contributed by atoms with Gasteiger partial charge in [0.1, 0.15) is 0 Å². The Morgan fingerprint density at radius 2 is 2.07 bits per heavy atom. The molecule has 1 aromatic carbocycles. The van der Waals surface area contributed by atoms with Gasteiger partial charge in [-0.05, 0) is 34.5 Å². The van der Waals surface area contributed by atoms with Crippen molar-refractivity contribution in [3.63, 3.8) is 0 Å². The van der Waals surface area contributed by atoms with Gasteiger partial charge in [0.05, 0.1) is 17.6 Å². The molecule has 1 heterocycles. The molecule has 2 bridgehead atoms. The molecule has 1 aliphatic carbocycles. The maximum absolute atomic E-state index is 12.0. The normalized spacial score (nSPS) is 27.8. The molecule has 76 valence electrons. The van der Waals surface area contributed by atoms with Gasteiger partial charge in [-0.3, -0.25) is 4.79 Å². The first-order chi connectivity index (χ1) is 7.27. The van der Waals surface area contributed by atoms with Crippen molar-refractivity contribution in [1.82, 2.24) is 0 Å². The first-order valence-corrected chi connectivity index (χ1v) is 5.82. The zero-order chi connectivity index (χ0) is 10.4. The Bertz CT molecular complexity index is 455. The van der Waals surface area contributed by atoms with Crippen LogP contribution >= 0.6 is 15.9 Å². The van der Waals surface area contributed by atoms with Crippen molar-refractivity contribution in [3.05, 3.63) is 40.9 Å². The van der Waals surface area contributed by atoms with Crippen LogP contribution in [0.2, 0.25) is 0 Å². The first kappa shape index (κ1) is 9.16. The summed E-state index contributed by atoms with van der Waals surface area (Å²) in [6, 6.07) is 8.14. The molecule has 3 rings (SSSR count). The third-order valence-corrected chi connectivity index (χ3v) is 3.73. The summed E-state index contributed by atoms with van der Waals surface area (Å²) in [5.41, 5.74) is 0.986. The van der Waals surface area contributed by atoms with Gasteiger partial charge < -0.3 is 4.90 Å². The highest BCUT2D eigenvalue weighted by atomic mass is 79.9. The largest absolute Gasteiger partial charge is 0.304 e. The van der Waals surface area contributed by atoms with Gasteiger partial charge >= 0.3 is 0 Å². The molecule has 2 unspecified atom stereocenters. The van der Waals surface area contributed by atoms with Crippen LogP contribution in [0.15, 0.2) is 40.9 Å². The van der Waals surface area contributed by atoms with Crippen LogP contribution in [0.1, 0.15) is 6.42 Å². The Kier molecular flexibility index (Phi) is 1.96. The van der Waals surface area contributed by atoms with Crippen molar-refractivity contribution < 1.29 is 4.79 Å². The molecule has 0 saturated carbocycles. The third-order valence-electron chi connectivity index (χ3n) is 3.06. The quantitative estimate of drug-likeness (QED) is 0.714. The number of fused-ring (bicyclic) bond motifs is 2. The summed E-state index contributed by atoms with van der Waals surface area (Å²) in [6.07, 6.45) is 5.10. The number of anilines is 1. The molecule has 2 atom stereocenters. The first-order valence-electron chi connectivity index (χ1n) is 5.03. The van der Waals surface area contributed by atoms with Gasteiger partial charge in [0.15, 0.2) is 0 Å². The third kappa shape index (κ3) is 1.26. The second-order valence-electron chi connectivity index (χ2n) is 3.95. The molecule has 0 radical (unpaired) electrons. The number of hydrogen-bond acceptors (Lipinski definition) is 1. The fraction of sp³-hybridized carbons (Fsp3) is 0.250. The highest BCUT2D eigenvalue weighted by molar-refractivity contribution is 9.10. The second-order valence-corrected chi connectivity index (χ2v) is 4.81. The zero-order valence-electron chi connectivity index (χ0n) is 8.06. The Morgan fingerprint density at radius 3 is 2.73 bits per heavy atom. The Labute approximate surface area is 96.7 Å². The second kappa shape index (κ2) is 3.20. The van der Waals surface area contributed by atoms with Crippen molar-refractivity contribution in [2.45, 2.75) is 12.5 Å². The lowest BCUT2D eigenvalue weighted by Gasteiger charge is -2.25. The van der Waals surface area contributed by atoms with E-state index in [1.165, 1.54) is 0 Å². The van der Waals surface area contributed by atoms with Crippen molar-refractivity contribution in [3.8, 4) is 0 Å². The molecule has 1 aliphatic heterocycles. The molecule has 3 heteroatoms. The minimum atomic E-state index is 0.113. The van der Waals surface area contributed by atoms with Crippen LogP contribution in [-0.2, 0) is 4.79 Å². The van der Waals surface area contributed by atoms with Crippen LogP contribution in [0.25, 0.3) is 0 Å². The van der Waals surface area contributed by atoms with E-state index in [4.69, 9.17) is 0 Å². The SMILES string of the molecule is O=C1C2C=CC(C2)N1c1ccccc1Br. The Balaban J connectivity index is 2.06. The van der Waals surface area contributed by atoms with E-state index in [1.54, 1.807) is 0 Å². The summed E-state index contributed by atoms with van der Waals surface area (Å²) in [5, 5.41) is 0. The highest BCUT2D eigenvalue weighted by Crippen LogP contribution is 2.39. The Morgan fingerprint density at radius 1 is 1.27 bits per heavy atom. The molecule has 0 aromatic heterocycles. The minimum Gasteiger partial charge on any atom is -0.304 e. The predicted molar refractivity (Wildman–Crippen MR) is 62.7 cm³/mol. The predicted octanol–water partition coefficient (Wildman–Crippen LogP) is 2.74. The number of rotatable bonds is 1. The summed E-state index contributed by atoms with van der Waals surface area (Å²) in [7, 11) is 0. The maximum Gasteiger partial charge on any atom is 0.234 e. The van der Waals surface area contributed by atoms with E-state index in [-0.39, 0.29) is 17.9 Å². The van der Waals surface area contributed by atoms with Gasteiger partial charge in [-0.15, -0.1) is 0 Å². The number of benzene rings is 1. The lowest BCUT2D eigenvalue weighted by molar-refractivity contribution is -0.119. The van der Waals surface area contributed by atoms with Crippen molar-refractivity contribution in [2.75, 3.05) is 4.90 Å². The number of hydrogen-bond donors (Lipinski definition) is 0. The van der Waals surface area contributed by atoms with Crippen LogP contribution in [0.5, 0.6) is 0 Å². The average Bonchev–Trinajstić information content (AvgIpc) is 2.80. The number of halogens is 1. The maximum atomic E-state index is 12.0. The smallest absolute Gasteiger partial charge is 0.234 e. The van der Waals surface area contributed by atoms with Gasteiger partial charge in [0.2, 0.25) is 5.91 Å². The van der Waals surface area contributed by atoms with E-state index in [1.807, 2.05) is 35.2 Å². The zero-order valence-corrected chi connectivity index (χ0v) is 9.65. The van der Waals surface area contributed by atoms with E-state index in [9.17, 15) is 4.79 Å². The lowest BCUT2D eigenvalue weighted by Crippen LogP contribution is -2.34. The van der Waals surface area contributed by atoms with Gasteiger partial charge in [-0.25, -0.2) is 0 Å². The molecule has 2 nitrogen and oxygen atoms in total. The van der Waals surface area contributed by atoms with E-state index < -0.39 is 0 Å². The summed E-state index contributed by atoms with van der Waals surface area (Å²) < 4.78 is 0.985. The molecule has 1 amide bonds. The van der Waals surface area contributed by atoms with Gasteiger partial charge in [0, 0.05) is 4.47 Å². The molecule has 0 spiro atoms. The lowest BCUT2D eigenvalue weighted by atomic mass is 10.1. The molecule has 1 fully saturated rings. The molecular weight excluding hydrogens is 254 g/mol. The molecule has 15 heavy (non-hydrogen) atoms. The van der Waals surface area contributed by atoms with Crippen LogP contribution in [0, 0.1) is 5.92 Å². The standard InChI is InChI=1S/C12H10BrNO/c13-10-3-1-2-4-11(10)14-9-6-5-8(7-9)12(14)15/h1-6,8-9H,7H2. The van der Waals surface area contributed by atoms with Gasteiger partial charge in [-0.2, -0.15) is 0 Å². The summed E-state index contributed by atoms with van der Waals surface area (Å²) in [6.45, 7) is 0. The van der Waals surface area contributed by atoms with E-state index in [0.717, 1.165) is 16.6 Å². The number of para-hydroxylation sites is 1. The number of nitrogens with zero attached hydrogens (tertiary/aromatic N) is 1. The number of amides is 1. The number of carbonyl (C=O) groups is 1. The monoisotopic (exact) mass is 263 g/mol. The fourth-order valence-corrected chi connectivity index (χ4v) is 2.82. The van der Waals surface area contributed by atoms with Crippen molar-refractivity contribution >= 4 is 27.5 Å². The summed E-state index contributed by atoms with van der Waals surface area (Å²) in [5.74, 6) is 0.344. The van der Waals surface area contributed by atoms with Crippen LogP contribution in [0.4, 0.5) is 5.69 Å². The van der Waals surface area contributed by atoms with Gasteiger partial charge in [-0.1, -0.05) is 24.3 Å². The minimum absolute atomic E-state index is 0.113. The van der Waals surface area contributed by atoms with E-state index in [0.29, 0.717) is 0 Å². The van der Waals surface area contributed by atoms with E-state index in [2.05, 4.69) is 22.0 Å². The molecule has 2 aliphatic rings. The number of carbonyl (C=O) groups excluding carboxylic acids is 1. The average molecular weight is 264 g/mol. The van der Waals surface area contributed by atoms with E-state index >= 15 is 0 Å². The van der Waals surface area contributed by atoms with Gasteiger partial charge in [0.25, 0.3) is 0 Å². The Hall–Kier alpha value is -1.09. The molecule has 0 N–H and O–H groups in total. The van der Waals surface area contributed by atoms with Crippen molar-refractivity contribution in [2.24, 2.45) is 5.92 Å². The van der Waals surface area contributed by atoms with Crippen molar-refractivity contribution in [1.29, 1.82) is 0 Å². The summed E-state index contributed by atoms with van der Waals surface area (Å²) >= 11 is 3.49. The highest BCUT2D eigenvalue weighted by Gasteiger charge is 2.42. The molecular formula is C12H10BrNO. The molecule has 1 saturated heterocycles. The molecule has 1 aromatic rings. The van der Waals surface area contributed by atoms with Crippen LogP contribution in [0.3, 0.4) is 0 Å².